The Kier molecular flexibility index (Phi) is 5.17. The number of aliphatic hydroxyl groups is 1. The molecule has 2 rings (SSSR count). The first kappa shape index (κ1) is 16.6. The Hall–Kier alpha value is -0.780. The van der Waals surface area contributed by atoms with E-state index in [-0.39, 0.29) is 19.0 Å². The van der Waals surface area contributed by atoms with Crippen LogP contribution in [0.25, 0.3) is 0 Å². The summed E-state index contributed by atoms with van der Waals surface area (Å²) in [6.07, 6.45) is 1.91. The zero-order chi connectivity index (χ0) is 15.5. The molecule has 2 aliphatic rings. The van der Waals surface area contributed by atoms with Gasteiger partial charge in [-0.05, 0) is 18.8 Å². The van der Waals surface area contributed by atoms with Crippen molar-refractivity contribution in [2.45, 2.75) is 69.6 Å². The Morgan fingerprint density at radius 3 is 2.29 bits per heavy atom. The SMILES string of the molecule is O=C(CCCC1CCCC1)N1CCC(O)(C(F)(F)F)CC1. The van der Waals surface area contributed by atoms with Gasteiger partial charge in [0.1, 0.15) is 0 Å². The first-order valence-electron chi connectivity index (χ1n) is 7.89. The van der Waals surface area contributed by atoms with Crippen molar-refractivity contribution in [3.05, 3.63) is 0 Å². The predicted molar refractivity (Wildman–Crippen MR) is 72.6 cm³/mol. The summed E-state index contributed by atoms with van der Waals surface area (Å²) in [6.45, 7) is -0.00343. The Morgan fingerprint density at radius 2 is 1.76 bits per heavy atom. The second-order valence-electron chi connectivity index (χ2n) is 6.45. The molecule has 1 aliphatic carbocycles. The quantitative estimate of drug-likeness (QED) is 0.866. The van der Waals surface area contributed by atoms with E-state index in [0.29, 0.717) is 6.42 Å². The topological polar surface area (TPSA) is 40.5 Å². The molecule has 0 aromatic rings. The van der Waals surface area contributed by atoms with Crippen molar-refractivity contribution in [2.75, 3.05) is 13.1 Å². The molecule has 1 aliphatic heterocycles. The number of halogens is 3. The highest BCUT2D eigenvalue weighted by molar-refractivity contribution is 5.76. The molecule has 122 valence electrons. The van der Waals surface area contributed by atoms with Crippen LogP contribution in [0.15, 0.2) is 0 Å². The van der Waals surface area contributed by atoms with Crippen molar-refractivity contribution >= 4 is 5.91 Å². The van der Waals surface area contributed by atoms with Crippen molar-refractivity contribution in [3.8, 4) is 0 Å². The van der Waals surface area contributed by atoms with Crippen molar-refractivity contribution in [1.29, 1.82) is 0 Å². The Balaban J connectivity index is 1.70. The van der Waals surface area contributed by atoms with Gasteiger partial charge in [0, 0.05) is 32.4 Å². The largest absolute Gasteiger partial charge is 0.417 e. The molecule has 1 saturated carbocycles. The predicted octanol–water partition coefficient (Wildman–Crippen LogP) is 3.26. The van der Waals surface area contributed by atoms with Crippen molar-refractivity contribution in [3.63, 3.8) is 0 Å². The molecule has 0 radical (unpaired) electrons. The van der Waals surface area contributed by atoms with Gasteiger partial charge in [0.05, 0.1) is 0 Å². The summed E-state index contributed by atoms with van der Waals surface area (Å²) in [5.74, 6) is 0.659. The van der Waals surface area contributed by atoms with E-state index in [4.69, 9.17) is 0 Å². The van der Waals surface area contributed by atoms with Gasteiger partial charge in [-0.3, -0.25) is 4.79 Å². The minimum absolute atomic E-state index is 0.00171. The van der Waals surface area contributed by atoms with E-state index in [1.165, 1.54) is 30.6 Å². The molecule has 0 bridgehead atoms. The average molecular weight is 307 g/mol. The number of nitrogens with zero attached hydrogens (tertiary/aromatic N) is 1. The van der Waals surface area contributed by atoms with Gasteiger partial charge in [0.15, 0.2) is 5.60 Å². The summed E-state index contributed by atoms with van der Waals surface area (Å²) in [4.78, 5) is 13.5. The van der Waals surface area contributed by atoms with Crippen LogP contribution in [-0.2, 0) is 4.79 Å². The monoisotopic (exact) mass is 307 g/mol. The molecule has 3 nitrogen and oxygen atoms in total. The molecule has 21 heavy (non-hydrogen) atoms. The molecule has 0 unspecified atom stereocenters. The normalized spacial score (nSPS) is 23.5. The molecule has 1 amide bonds. The van der Waals surface area contributed by atoms with Crippen LogP contribution in [-0.4, -0.2) is 40.8 Å². The number of amides is 1. The third kappa shape index (κ3) is 4.11. The van der Waals surface area contributed by atoms with Gasteiger partial charge in [-0.2, -0.15) is 13.2 Å². The first-order chi connectivity index (χ1) is 9.82. The number of carbonyl (C=O) groups is 1. The second-order valence-corrected chi connectivity index (χ2v) is 6.45. The van der Waals surface area contributed by atoms with Crippen LogP contribution in [0, 0.1) is 5.92 Å². The fraction of sp³-hybridized carbons (Fsp3) is 0.933. The number of hydrogen-bond donors (Lipinski definition) is 1. The fourth-order valence-corrected chi connectivity index (χ4v) is 3.41. The number of carbonyl (C=O) groups excluding carboxylic acids is 1. The van der Waals surface area contributed by atoms with Gasteiger partial charge in [-0.25, -0.2) is 0 Å². The number of alkyl halides is 3. The molecular formula is C15H24F3NO2. The highest BCUT2D eigenvalue weighted by atomic mass is 19.4. The van der Waals surface area contributed by atoms with Crippen LogP contribution in [0.3, 0.4) is 0 Å². The van der Waals surface area contributed by atoms with Crippen LogP contribution in [0.4, 0.5) is 13.2 Å². The van der Waals surface area contributed by atoms with E-state index in [2.05, 4.69) is 0 Å². The number of piperidine rings is 1. The minimum atomic E-state index is -4.61. The fourth-order valence-electron chi connectivity index (χ4n) is 3.41. The van der Waals surface area contributed by atoms with Crippen LogP contribution < -0.4 is 0 Å². The number of likely N-dealkylation sites (tertiary alicyclic amines) is 1. The molecular weight excluding hydrogens is 283 g/mol. The average Bonchev–Trinajstić information content (AvgIpc) is 2.91. The van der Waals surface area contributed by atoms with Crippen LogP contribution in [0.5, 0.6) is 0 Å². The summed E-state index contributed by atoms with van der Waals surface area (Å²) >= 11 is 0. The summed E-state index contributed by atoms with van der Waals surface area (Å²) in [6, 6.07) is 0. The molecule has 6 heteroatoms. The lowest BCUT2D eigenvalue weighted by Gasteiger charge is -2.39. The Morgan fingerprint density at radius 1 is 1.19 bits per heavy atom. The maximum Gasteiger partial charge on any atom is 0.417 e. The highest BCUT2D eigenvalue weighted by Gasteiger charge is 2.54. The van der Waals surface area contributed by atoms with Crippen molar-refractivity contribution in [1.82, 2.24) is 4.90 Å². The van der Waals surface area contributed by atoms with Crippen LogP contribution in [0.1, 0.15) is 57.8 Å². The molecule has 0 aromatic heterocycles. The van der Waals surface area contributed by atoms with E-state index >= 15 is 0 Å². The number of hydrogen-bond acceptors (Lipinski definition) is 2. The lowest BCUT2D eigenvalue weighted by atomic mass is 9.90. The molecule has 0 spiro atoms. The standard InChI is InChI=1S/C15H24F3NO2/c16-15(17,18)14(21)8-10-19(11-9-14)13(20)7-3-6-12-4-1-2-5-12/h12,21H,1-11H2. The summed E-state index contributed by atoms with van der Waals surface area (Å²) in [5.41, 5.74) is -2.62. The summed E-state index contributed by atoms with van der Waals surface area (Å²) in [5, 5.41) is 9.56. The number of rotatable bonds is 4. The lowest BCUT2D eigenvalue weighted by molar-refractivity contribution is -0.272. The molecule has 0 aromatic carbocycles. The van der Waals surface area contributed by atoms with Gasteiger partial charge in [0.25, 0.3) is 0 Å². The zero-order valence-electron chi connectivity index (χ0n) is 12.3. The third-order valence-corrected chi connectivity index (χ3v) is 4.95. The Labute approximate surface area is 123 Å². The van der Waals surface area contributed by atoms with Gasteiger partial charge in [-0.1, -0.05) is 25.7 Å². The van der Waals surface area contributed by atoms with Gasteiger partial charge >= 0.3 is 6.18 Å². The van der Waals surface area contributed by atoms with E-state index in [0.717, 1.165) is 18.8 Å². The van der Waals surface area contributed by atoms with Crippen molar-refractivity contribution in [2.24, 2.45) is 5.92 Å². The first-order valence-corrected chi connectivity index (χ1v) is 7.89. The second kappa shape index (κ2) is 6.55. The van der Waals surface area contributed by atoms with Gasteiger partial charge < -0.3 is 10.0 Å². The van der Waals surface area contributed by atoms with Crippen molar-refractivity contribution < 1.29 is 23.1 Å². The van der Waals surface area contributed by atoms with E-state index in [9.17, 15) is 23.1 Å². The maximum absolute atomic E-state index is 12.7. The van der Waals surface area contributed by atoms with Crippen LogP contribution in [0.2, 0.25) is 0 Å². The van der Waals surface area contributed by atoms with E-state index in [1.807, 2.05) is 0 Å². The molecule has 1 N–H and O–H groups in total. The molecule has 0 atom stereocenters. The third-order valence-electron chi connectivity index (χ3n) is 4.95. The minimum Gasteiger partial charge on any atom is -0.380 e. The smallest absolute Gasteiger partial charge is 0.380 e. The highest BCUT2D eigenvalue weighted by Crippen LogP contribution is 2.38. The molecule has 1 saturated heterocycles. The zero-order valence-corrected chi connectivity index (χ0v) is 12.3. The molecule has 1 heterocycles. The molecule has 2 fully saturated rings. The van der Waals surface area contributed by atoms with Crippen LogP contribution >= 0.6 is 0 Å². The Bertz CT molecular complexity index is 356. The van der Waals surface area contributed by atoms with Gasteiger partial charge in [0.2, 0.25) is 5.91 Å². The van der Waals surface area contributed by atoms with Gasteiger partial charge in [-0.15, -0.1) is 0 Å². The van der Waals surface area contributed by atoms with E-state index < -0.39 is 24.6 Å². The maximum atomic E-state index is 12.7. The summed E-state index contributed by atoms with van der Waals surface area (Å²) < 4.78 is 38.0. The summed E-state index contributed by atoms with van der Waals surface area (Å²) in [7, 11) is 0. The van der Waals surface area contributed by atoms with E-state index in [1.54, 1.807) is 0 Å². The lowest BCUT2D eigenvalue weighted by Crippen LogP contribution is -2.54.